The number of anilines is 1. The minimum absolute atomic E-state index is 0.0122. The van der Waals surface area contributed by atoms with Crippen molar-refractivity contribution in [3.63, 3.8) is 0 Å². The zero-order valence-electron chi connectivity index (χ0n) is 38.4. The molecule has 0 bridgehead atoms. The second-order valence-corrected chi connectivity index (χ2v) is 17.5. The largest absolute Gasteiger partial charge is 0.467 e. The molecule has 6 rings (SSSR count). The Morgan fingerprint density at radius 2 is 1.63 bits per heavy atom. The second-order valence-electron chi connectivity index (χ2n) is 17.5. The molecule has 1 aromatic heterocycles. The molecule has 4 heterocycles. The summed E-state index contributed by atoms with van der Waals surface area (Å²) in [5.74, 6) is -3.20. The molecule has 1 spiro atoms. The van der Waals surface area contributed by atoms with E-state index in [-0.39, 0.29) is 24.9 Å². The number of aryl methyl sites for hydroxylation is 2. The molecule has 65 heavy (non-hydrogen) atoms. The summed E-state index contributed by atoms with van der Waals surface area (Å²) in [7, 11) is 1.19. The predicted molar refractivity (Wildman–Crippen MR) is 231 cm³/mol. The Morgan fingerprint density at radius 3 is 2.25 bits per heavy atom. The number of nitrogens with one attached hydrogen (secondary N) is 2. The third-order valence-electron chi connectivity index (χ3n) is 12.4. The van der Waals surface area contributed by atoms with Crippen molar-refractivity contribution in [2.24, 2.45) is 0 Å². The van der Waals surface area contributed by atoms with E-state index in [0.29, 0.717) is 49.1 Å². The number of benzene rings is 1. The van der Waals surface area contributed by atoms with Crippen molar-refractivity contribution in [2.75, 3.05) is 57.9 Å². The maximum absolute atomic E-state index is 14.3. The summed E-state index contributed by atoms with van der Waals surface area (Å²) in [5.41, 5.74) is 0.139. The number of hydrogen-bond acceptors (Lipinski definition) is 17. The number of carbonyl (C=O) groups is 7. The second kappa shape index (κ2) is 20.7. The average Bonchev–Trinajstić information content (AvgIpc) is 4.02. The Bertz CT molecular complexity index is 2120. The van der Waals surface area contributed by atoms with Crippen LogP contribution < -0.4 is 20.3 Å². The van der Waals surface area contributed by atoms with Gasteiger partial charge >= 0.3 is 29.8 Å². The summed E-state index contributed by atoms with van der Waals surface area (Å²) in [6.45, 7) is 11.8. The third kappa shape index (κ3) is 11.8. The van der Waals surface area contributed by atoms with Crippen LogP contribution in [0.1, 0.15) is 99.7 Å². The van der Waals surface area contributed by atoms with Crippen LogP contribution in [-0.2, 0) is 57.2 Å². The number of aromatic nitrogens is 1. The van der Waals surface area contributed by atoms with Crippen LogP contribution in [0.5, 0.6) is 5.75 Å². The van der Waals surface area contributed by atoms with E-state index in [4.69, 9.17) is 38.1 Å². The first kappa shape index (κ1) is 48.8. The van der Waals surface area contributed by atoms with Gasteiger partial charge in [-0.3, -0.25) is 33.7 Å². The van der Waals surface area contributed by atoms with Crippen LogP contribution in [0.4, 0.5) is 5.82 Å². The van der Waals surface area contributed by atoms with Gasteiger partial charge in [0.2, 0.25) is 5.91 Å². The van der Waals surface area contributed by atoms with E-state index in [1.54, 1.807) is 13.8 Å². The molecule has 0 unspecified atom stereocenters. The van der Waals surface area contributed by atoms with E-state index in [1.807, 2.05) is 6.20 Å². The van der Waals surface area contributed by atoms with Crippen molar-refractivity contribution in [3.8, 4) is 5.75 Å². The zero-order valence-corrected chi connectivity index (χ0v) is 38.4. The number of carbonyl (C=O) groups excluding carboxylic acids is 7. The minimum Gasteiger partial charge on any atom is -0.467 e. The number of esters is 5. The number of rotatable bonds is 16. The van der Waals surface area contributed by atoms with Gasteiger partial charge in [0, 0.05) is 85.4 Å². The number of pyridine rings is 1. The highest BCUT2D eigenvalue weighted by Crippen LogP contribution is 2.43. The number of methoxy groups -OCH3 is 1. The summed E-state index contributed by atoms with van der Waals surface area (Å²) in [6.07, 6.45) is -1.26. The molecular weight excluding hydrogens is 847 g/mol. The Kier molecular flexibility index (Phi) is 15.5. The van der Waals surface area contributed by atoms with Crippen LogP contribution in [0.3, 0.4) is 0 Å². The van der Waals surface area contributed by atoms with Gasteiger partial charge in [-0.05, 0) is 80.0 Å². The molecule has 3 aliphatic heterocycles. The van der Waals surface area contributed by atoms with Gasteiger partial charge in [-0.2, -0.15) is 0 Å². The lowest BCUT2D eigenvalue weighted by atomic mass is 9.81. The topological polar surface area (TPSA) is 228 Å². The molecule has 3 saturated heterocycles. The van der Waals surface area contributed by atoms with Crippen LogP contribution in [0.15, 0.2) is 30.5 Å². The fourth-order valence-corrected chi connectivity index (χ4v) is 9.44. The lowest BCUT2D eigenvalue weighted by Gasteiger charge is -2.50. The summed E-state index contributed by atoms with van der Waals surface area (Å²) >= 11 is 0. The van der Waals surface area contributed by atoms with Gasteiger partial charge in [0.25, 0.3) is 5.91 Å². The maximum atomic E-state index is 14.3. The monoisotopic (exact) mass is 907 g/mol. The summed E-state index contributed by atoms with van der Waals surface area (Å²) in [5, 5.41) is 5.49. The molecule has 1 aromatic carbocycles. The SMILES string of the molecule is COC(=O)[C@@]1(CCN2CCOC[C@@]23CCN(c2cc(C4CC4)ccn2)C3)C[C@H](OC(C)=O)[C@@H](NC(C)=O)[C@H]([C@H](OC(C)=O)[C@@H](CNC(=O)c2cc(C)c(OC(C)=O)c(C)c2)OC(C)=O)O1. The normalized spacial score (nSPS) is 25.2. The van der Waals surface area contributed by atoms with Gasteiger partial charge < -0.3 is 48.7 Å². The highest BCUT2D eigenvalue weighted by Gasteiger charge is 2.58. The minimum atomic E-state index is -1.88. The molecule has 0 radical (unpaired) electrons. The van der Waals surface area contributed by atoms with E-state index in [9.17, 15) is 33.6 Å². The van der Waals surface area contributed by atoms with Gasteiger partial charge in [-0.25, -0.2) is 9.78 Å². The number of hydrogen-bond donors (Lipinski definition) is 2. The zero-order chi connectivity index (χ0) is 47.2. The molecule has 1 aliphatic carbocycles. The lowest BCUT2D eigenvalue weighted by molar-refractivity contribution is -0.242. The standard InChI is InChI=1S/C46H61N5O14/c1-26-19-35(20-27(2)40(26)63-31(6)55)43(57)48-23-37(62-30(5)54)41(64-32(7)56)42-39(49-28(3)52)36(61-29(4)53)22-46(65-42,44(58)59-8)13-16-51-17-18-60-25-45(51)12-15-50(24-45)38-21-34(11-14-47-38)33-9-10-33/h11,14,19-21,33,36-37,39,41-42H,9-10,12-13,15-18,22-25H2,1-8H3,(H,48,57)(H,49,52)/t36-,37+,39+,41+,42+,45-,46+/m0/s1. The number of nitrogens with zero attached hydrogens (tertiary/aromatic N) is 3. The number of ether oxygens (including phenoxy) is 7. The van der Waals surface area contributed by atoms with Crippen LogP contribution >= 0.6 is 0 Å². The molecule has 19 nitrogen and oxygen atoms in total. The van der Waals surface area contributed by atoms with E-state index in [2.05, 4.69) is 32.6 Å². The fraction of sp³-hybridized carbons (Fsp3) is 0.609. The van der Waals surface area contributed by atoms with E-state index in [0.717, 1.165) is 32.6 Å². The third-order valence-corrected chi connectivity index (χ3v) is 12.4. The Morgan fingerprint density at radius 1 is 0.923 bits per heavy atom. The van der Waals surface area contributed by atoms with Crippen molar-refractivity contribution in [3.05, 3.63) is 52.7 Å². The van der Waals surface area contributed by atoms with Crippen LogP contribution in [0.25, 0.3) is 0 Å². The van der Waals surface area contributed by atoms with Crippen molar-refractivity contribution in [2.45, 2.75) is 128 Å². The maximum Gasteiger partial charge on any atom is 0.338 e. The molecule has 19 heteroatoms. The molecule has 4 aliphatic rings. The highest BCUT2D eigenvalue weighted by molar-refractivity contribution is 5.95. The molecule has 4 fully saturated rings. The molecule has 2 amide bonds. The van der Waals surface area contributed by atoms with Crippen molar-refractivity contribution in [1.29, 1.82) is 0 Å². The molecule has 2 aromatic rings. The fourth-order valence-electron chi connectivity index (χ4n) is 9.44. The highest BCUT2D eigenvalue weighted by atomic mass is 16.6. The summed E-state index contributed by atoms with van der Waals surface area (Å²) in [6, 6.07) is 5.99. The van der Waals surface area contributed by atoms with E-state index in [1.165, 1.54) is 58.4 Å². The smallest absolute Gasteiger partial charge is 0.338 e. The predicted octanol–water partition coefficient (Wildman–Crippen LogP) is 2.60. The number of amides is 2. The first-order valence-corrected chi connectivity index (χ1v) is 22.0. The van der Waals surface area contributed by atoms with Gasteiger partial charge in [0.05, 0.1) is 38.4 Å². The van der Waals surface area contributed by atoms with Crippen molar-refractivity contribution < 1.29 is 66.7 Å². The van der Waals surface area contributed by atoms with Crippen LogP contribution in [0.2, 0.25) is 0 Å². The van der Waals surface area contributed by atoms with E-state index < -0.39 is 89.8 Å². The Labute approximate surface area is 378 Å². The summed E-state index contributed by atoms with van der Waals surface area (Å²) < 4.78 is 41.1. The lowest BCUT2D eigenvalue weighted by Crippen LogP contribution is -2.69. The Balaban J connectivity index is 1.33. The molecule has 7 atom stereocenters. The number of morpholine rings is 1. The van der Waals surface area contributed by atoms with Gasteiger partial charge in [0.15, 0.2) is 17.8 Å². The Hall–Kier alpha value is -5.66. The molecular formula is C46H61N5O14. The van der Waals surface area contributed by atoms with Crippen molar-refractivity contribution >= 4 is 47.5 Å². The molecule has 2 N–H and O–H groups in total. The first-order valence-electron chi connectivity index (χ1n) is 22.0. The van der Waals surface area contributed by atoms with Gasteiger partial charge in [-0.15, -0.1) is 0 Å². The quantitative estimate of drug-likeness (QED) is 0.140. The van der Waals surface area contributed by atoms with Gasteiger partial charge in [0.1, 0.15) is 23.8 Å². The van der Waals surface area contributed by atoms with Gasteiger partial charge in [-0.1, -0.05) is 0 Å². The molecule has 354 valence electrons. The molecule has 1 saturated carbocycles. The van der Waals surface area contributed by atoms with E-state index >= 15 is 0 Å². The summed E-state index contributed by atoms with van der Waals surface area (Å²) in [4.78, 5) is 100. The average molecular weight is 908 g/mol. The van der Waals surface area contributed by atoms with Crippen LogP contribution in [-0.4, -0.2) is 146 Å². The van der Waals surface area contributed by atoms with Crippen LogP contribution in [0, 0.1) is 13.8 Å². The first-order chi connectivity index (χ1) is 30.8. The van der Waals surface area contributed by atoms with Crippen molar-refractivity contribution in [1.82, 2.24) is 20.5 Å².